The van der Waals surface area contributed by atoms with Crippen molar-refractivity contribution in [3.8, 4) is 0 Å². The van der Waals surface area contributed by atoms with Crippen LogP contribution in [0.25, 0.3) is 0 Å². The van der Waals surface area contributed by atoms with E-state index >= 15 is 0 Å². The summed E-state index contributed by atoms with van der Waals surface area (Å²) in [6.45, 7) is 0. The Morgan fingerprint density at radius 3 is 1.53 bits per heavy atom. The number of rotatable bonds is 2. The second kappa shape index (κ2) is 4.23. The zero-order valence-electron chi connectivity index (χ0n) is 7.11. The molecule has 0 N–H and O–H groups in total. The Kier molecular flexibility index (Phi) is 3.40. The SMILES string of the molecule is COS(=O)c1c(F)c(F)c(F)c(F)c1F. The van der Waals surface area contributed by atoms with E-state index in [4.69, 9.17) is 0 Å². The van der Waals surface area contributed by atoms with Crippen molar-refractivity contribution in [3.63, 3.8) is 0 Å². The average molecular weight is 246 g/mol. The first-order chi connectivity index (χ1) is 6.91. The summed E-state index contributed by atoms with van der Waals surface area (Å²) in [5.41, 5.74) is 0. The fourth-order valence-electron chi connectivity index (χ4n) is 0.814. The molecule has 1 aromatic carbocycles. The first-order valence-electron chi connectivity index (χ1n) is 3.39. The average Bonchev–Trinajstić information content (AvgIpc) is 2.23. The highest BCUT2D eigenvalue weighted by Crippen LogP contribution is 2.25. The van der Waals surface area contributed by atoms with Crippen LogP contribution in [-0.4, -0.2) is 11.3 Å². The van der Waals surface area contributed by atoms with Gasteiger partial charge in [0.15, 0.2) is 34.3 Å². The molecule has 0 aliphatic carbocycles. The lowest BCUT2D eigenvalue weighted by Crippen LogP contribution is -2.09. The molecule has 0 aromatic heterocycles. The highest BCUT2D eigenvalue weighted by atomic mass is 32.2. The zero-order valence-corrected chi connectivity index (χ0v) is 7.93. The quantitative estimate of drug-likeness (QED) is 0.453. The molecule has 15 heavy (non-hydrogen) atoms. The lowest BCUT2D eigenvalue weighted by atomic mass is 10.3. The minimum absolute atomic E-state index is 0.800. The molecule has 0 amide bonds. The largest absolute Gasteiger partial charge is 0.290 e. The molecule has 2 nitrogen and oxygen atoms in total. The van der Waals surface area contributed by atoms with Gasteiger partial charge in [-0.05, 0) is 0 Å². The van der Waals surface area contributed by atoms with Crippen LogP contribution in [0.5, 0.6) is 0 Å². The Labute approximate surface area is 83.3 Å². The molecule has 0 saturated heterocycles. The molecule has 0 aliphatic rings. The Balaban J connectivity index is 3.60. The van der Waals surface area contributed by atoms with Gasteiger partial charge in [0.25, 0.3) is 0 Å². The summed E-state index contributed by atoms with van der Waals surface area (Å²) in [6.07, 6.45) is 0. The van der Waals surface area contributed by atoms with Gasteiger partial charge < -0.3 is 0 Å². The maximum atomic E-state index is 12.8. The molecular weight excluding hydrogens is 243 g/mol. The maximum absolute atomic E-state index is 12.8. The molecule has 1 atom stereocenters. The summed E-state index contributed by atoms with van der Waals surface area (Å²) >= 11 is -2.74. The maximum Gasteiger partial charge on any atom is 0.200 e. The lowest BCUT2D eigenvalue weighted by molar-refractivity contribution is 0.352. The molecule has 0 spiro atoms. The minimum Gasteiger partial charge on any atom is -0.290 e. The van der Waals surface area contributed by atoms with Crippen molar-refractivity contribution in [1.82, 2.24) is 0 Å². The van der Waals surface area contributed by atoms with E-state index in [1.165, 1.54) is 0 Å². The first-order valence-corrected chi connectivity index (χ1v) is 4.47. The summed E-state index contributed by atoms with van der Waals surface area (Å²) in [6, 6.07) is 0. The Morgan fingerprint density at radius 2 is 1.20 bits per heavy atom. The smallest absolute Gasteiger partial charge is 0.200 e. The molecule has 1 rings (SSSR count). The third-order valence-electron chi connectivity index (χ3n) is 1.49. The summed E-state index contributed by atoms with van der Waals surface area (Å²) in [4.78, 5) is -1.49. The van der Waals surface area contributed by atoms with Crippen LogP contribution in [-0.2, 0) is 15.3 Å². The van der Waals surface area contributed by atoms with Crippen LogP contribution in [0.1, 0.15) is 0 Å². The molecule has 0 heterocycles. The molecule has 8 heteroatoms. The van der Waals surface area contributed by atoms with Gasteiger partial charge in [-0.2, -0.15) is 0 Å². The summed E-state index contributed by atoms with van der Waals surface area (Å²) in [5, 5.41) is 0. The fourth-order valence-corrected chi connectivity index (χ4v) is 1.45. The van der Waals surface area contributed by atoms with Gasteiger partial charge in [0.1, 0.15) is 4.90 Å². The number of halogens is 5. The van der Waals surface area contributed by atoms with Gasteiger partial charge in [-0.15, -0.1) is 0 Å². The van der Waals surface area contributed by atoms with Crippen LogP contribution in [0.3, 0.4) is 0 Å². The molecule has 1 aromatic rings. The minimum atomic E-state index is -2.74. The topological polar surface area (TPSA) is 26.3 Å². The normalized spacial score (nSPS) is 12.9. The van der Waals surface area contributed by atoms with Crippen LogP contribution in [0.4, 0.5) is 22.0 Å². The van der Waals surface area contributed by atoms with Crippen molar-refractivity contribution in [2.45, 2.75) is 4.90 Å². The van der Waals surface area contributed by atoms with Gasteiger partial charge in [-0.25, -0.2) is 26.2 Å². The van der Waals surface area contributed by atoms with Crippen molar-refractivity contribution in [1.29, 1.82) is 0 Å². The van der Waals surface area contributed by atoms with Crippen LogP contribution < -0.4 is 0 Å². The van der Waals surface area contributed by atoms with Crippen molar-refractivity contribution in [2.75, 3.05) is 7.11 Å². The Bertz CT molecular complexity index is 405. The molecule has 84 valence electrons. The van der Waals surface area contributed by atoms with Crippen LogP contribution in [0, 0.1) is 29.1 Å². The number of benzene rings is 1. The monoisotopic (exact) mass is 246 g/mol. The first kappa shape index (κ1) is 12.1. The van der Waals surface area contributed by atoms with Crippen molar-refractivity contribution >= 4 is 11.1 Å². The van der Waals surface area contributed by atoms with Crippen LogP contribution >= 0.6 is 0 Å². The molecule has 1 unspecified atom stereocenters. The van der Waals surface area contributed by atoms with E-state index in [0.29, 0.717) is 0 Å². The number of hydrogen-bond donors (Lipinski definition) is 0. The van der Waals surface area contributed by atoms with Crippen molar-refractivity contribution in [3.05, 3.63) is 29.1 Å². The summed E-state index contributed by atoms with van der Waals surface area (Å²) in [7, 11) is 0.800. The van der Waals surface area contributed by atoms with E-state index < -0.39 is 45.1 Å². The zero-order chi connectivity index (χ0) is 11.7. The second-order valence-corrected chi connectivity index (χ2v) is 3.51. The standard InChI is InChI=1S/C7H3F5O2S/c1-14-15(13)7-5(11)3(9)2(8)4(10)6(7)12/h1H3. The Morgan fingerprint density at radius 1 is 0.867 bits per heavy atom. The summed E-state index contributed by atoms with van der Waals surface area (Å²) < 4.78 is 78.1. The van der Waals surface area contributed by atoms with Crippen molar-refractivity contribution in [2.24, 2.45) is 0 Å². The molecular formula is C7H3F5O2S. The highest BCUT2D eigenvalue weighted by molar-refractivity contribution is 7.80. The van der Waals surface area contributed by atoms with Gasteiger partial charge >= 0.3 is 0 Å². The highest BCUT2D eigenvalue weighted by Gasteiger charge is 2.29. The van der Waals surface area contributed by atoms with E-state index in [0.717, 1.165) is 7.11 Å². The van der Waals surface area contributed by atoms with E-state index in [2.05, 4.69) is 4.18 Å². The Hall–Kier alpha value is -1.02. The van der Waals surface area contributed by atoms with Gasteiger partial charge in [0.2, 0.25) is 5.82 Å². The predicted octanol–water partition coefficient (Wildman–Crippen LogP) is 2.05. The third kappa shape index (κ3) is 1.86. The van der Waals surface area contributed by atoms with E-state index in [-0.39, 0.29) is 0 Å². The second-order valence-electron chi connectivity index (χ2n) is 2.30. The molecule has 0 bridgehead atoms. The van der Waals surface area contributed by atoms with Gasteiger partial charge in [0, 0.05) is 0 Å². The van der Waals surface area contributed by atoms with E-state index in [9.17, 15) is 26.2 Å². The predicted molar refractivity (Wildman–Crippen MR) is 39.6 cm³/mol. The fraction of sp³-hybridized carbons (Fsp3) is 0.143. The van der Waals surface area contributed by atoms with E-state index in [1.54, 1.807) is 0 Å². The van der Waals surface area contributed by atoms with Crippen LogP contribution in [0.15, 0.2) is 4.90 Å². The van der Waals surface area contributed by atoms with Crippen molar-refractivity contribution < 1.29 is 30.3 Å². The molecule has 0 fully saturated rings. The van der Waals surface area contributed by atoms with Gasteiger partial charge in [0.05, 0.1) is 7.11 Å². The third-order valence-corrected chi connectivity index (χ3v) is 2.48. The van der Waals surface area contributed by atoms with E-state index in [1.807, 2.05) is 0 Å². The number of hydrogen-bond acceptors (Lipinski definition) is 2. The van der Waals surface area contributed by atoms with Gasteiger partial charge in [-0.3, -0.25) is 4.18 Å². The summed E-state index contributed by atoms with van der Waals surface area (Å²) in [5.74, 6) is -10.9. The molecule has 0 radical (unpaired) electrons. The molecule has 0 saturated carbocycles. The lowest BCUT2D eigenvalue weighted by Gasteiger charge is -2.05. The molecule has 0 aliphatic heterocycles. The van der Waals surface area contributed by atoms with Crippen LogP contribution in [0.2, 0.25) is 0 Å². The van der Waals surface area contributed by atoms with Gasteiger partial charge in [-0.1, -0.05) is 0 Å².